The second-order valence-electron chi connectivity index (χ2n) is 12.9. The van der Waals surface area contributed by atoms with E-state index in [-0.39, 0.29) is 34.2 Å². The number of carbonyl (C=O) groups is 4. The first kappa shape index (κ1) is 32.8. The van der Waals surface area contributed by atoms with Gasteiger partial charge < -0.3 is 9.84 Å². The fourth-order valence-electron chi connectivity index (χ4n) is 8.57. The summed E-state index contributed by atoms with van der Waals surface area (Å²) in [6, 6.07) is 3.82. The molecule has 48 heavy (non-hydrogen) atoms. The predicted molar refractivity (Wildman–Crippen MR) is 160 cm³/mol. The van der Waals surface area contributed by atoms with Crippen LogP contribution in [-0.2, 0) is 19.2 Å². The number of allylic oxidation sites excluding steroid dienone is 2. The largest absolute Gasteiger partial charge is 0.504 e. The van der Waals surface area contributed by atoms with Crippen LogP contribution in [0.25, 0.3) is 0 Å². The summed E-state index contributed by atoms with van der Waals surface area (Å²) < 4.78 is 78.4. The number of phenolic OH excluding ortho intramolecular Hbond substituents is 1. The number of imide groups is 2. The summed E-state index contributed by atoms with van der Waals surface area (Å²) in [4.78, 5) is 52.2. The number of hydrogen-bond donors (Lipinski definition) is 1. The third-order valence-corrected chi connectivity index (χ3v) is 12.2. The average molecular weight is 713 g/mol. The number of hydrogen-bond acceptors (Lipinski definition) is 6. The number of halogens is 7. The van der Waals surface area contributed by atoms with Crippen LogP contribution in [0, 0.1) is 46.8 Å². The van der Waals surface area contributed by atoms with E-state index >= 15 is 8.78 Å². The van der Waals surface area contributed by atoms with Crippen LogP contribution in [0.3, 0.4) is 0 Å². The van der Waals surface area contributed by atoms with Crippen molar-refractivity contribution in [2.24, 2.45) is 17.8 Å². The van der Waals surface area contributed by atoms with Crippen LogP contribution in [0.2, 0.25) is 0 Å². The van der Waals surface area contributed by atoms with Crippen molar-refractivity contribution < 1.29 is 51.0 Å². The molecular formula is C33H27Cl2F5N2O6. The molecule has 2 saturated carbocycles. The lowest BCUT2D eigenvalue weighted by molar-refractivity contribution is -0.143. The summed E-state index contributed by atoms with van der Waals surface area (Å²) in [6.45, 7) is 0. The van der Waals surface area contributed by atoms with E-state index in [2.05, 4.69) is 0 Å². The molecule has 254 valence electrons. The highest BCUT2D eigenvalue weighted by Gasteiger charge is 2.77. The van der Waals surface area contributed by atoms with E-state index in [1.54, 1.807) is 6.08 Å². The Morgan fingerprint density at radius 3 is 2.10 bits per heavy atom. The number of amides is 4. The van der Waals surface area contributed by atoms with Gasteiger partial charge in [0.25, 0.3) is 11.8 Å². The van der Waals surface area contributed by atoms with E-state index in [0.717, 1.165) is 19.3 Å². The summed E-state index contributed by atoms with van der Waals surface area (Å²) in [6.07, 6.45) is 4.85. The van der Waals surface area contributed by atoms with Crippen LogP contribution in [0.5, 0.6) is 11.5 Å². The quantitative estimate of drug-likeness (QED) is 0.104. The summed E-state index contributed by atoms with van der Waals surface area (Å²) in [5, 5.41) is 11.3. The SMILES string of the molecule is COc1cccc([C@H]2C3=CC[C@@H]4C(=O)N(C5CCCCC5)C(=O)[C@@H]4[C@@H]3C[C@@]3(Cl)C(=O)N(c4c(F)c(F)c(F)c(F)c4F)C(=O)[C@@]23Cl)c1O. The van der Waals surface area contributed by atoms with E-state index < -0.39 is 104 Å². The molecule has 2 saturated heterocycles. The molecule has 8 nitrogen and oxygen atoms in total. The first-order chi connectivity index (χ1) is 22.7. The number of aromatic hydroxyl groups is 1. The van der Waals surface area contributed by atoms with Crippen molar-refractivity contribution in [3.63, 3.8) is 0 Å². The molecule has 1 N–H and O–H groups in total. The van der Waals surface area contributed by atoms with Gasteiger partial charge in [0.05, 0.1) is 18.9 Å². The molecule has 0 aromatic heterocycles. The van der Waals surface area contributed by atoms with Crippen molar-refractivity contribution in [1.82, 2.24) is 4.90 Å². The Bertz CT molecular complexity index is 1820. The van der Waals surface area contributed by atoms with Crippen molar-refractivity contribution in [1.29, 1.82) is 0 Å². The maximum Gasteiger partial charge on any atom is 0.258 e. The fourth-order valence-corrected chi connectivity index (χ4v) is 9.50. The zero-order valence-corrected chi connectivity index (χ0v) is 26.7. The van der Waals surface area contributed by atoms with Gasteiger partial charge >= 0.3 is 0 Å². The van der Waals surface area contributed by atoms with Gasteiger partial charge in [-0.3, -0.25) is 24.1 Å². The number of benzene rings is 2. The molecule has 7 rings (SSSR count). The minimum Gasteiger partial charge on any atom is -0.504 e. The van der Waals surface area contributed by atoms with Gasteiger partial charge in [0.2, 0.25) is 17.6 Å². The van der Waals surface area contributed by atoms with Crippen LogP contribution >= 0.6 is 23.2 Å². The maximum absolute atomic E-state index is 15.2. The molecule has 0 unspecified atom stereocenters. The Morgan fingerprint density at radius 1 is 0.854 bits per heavy atom. The highest BCUT2D eigenvalue weighted by atomic mass is 35.5. The van der Waals surface area contributed by atoms with E-state index in [9.17, 15) is 37.5 Å². The smallest absolute Gasteiger partial charge is 0.258 e. The molecule has 5 aliphatic rings. The number of nitrogens with zero attached hydrogens (tertiary/aromatic N) is 2. The third-order valence-electron chi connectivity index (χ3n) is 10.8. The monoisotopic (exact) mass is 712 g/mol. The van der Waals surface area contributed by atoms with Crippen LogP contribution in [-0.4, -0.2) is 56.5 Å². The van der Waals surface area contributed by atoms with Gasteiger partial charge in [0.15, 0.2) is 44.5 Å². The molecule has 3 aliphatic carbocycles. The van der Waals surface area contributed by atoms with E-state index in [0.29, 0.717) is 12.8 Å². The number of anilines is 1. The fraction of sp³-hybridized carbons (Fsp3) is 0.455. The lowest BCUT2D eigenvalue weighted by atomic mass is 9.56. The average Bonchev–Trinajstić information content (AvgIpc) is 3.42. The van der Waals surface area contributed by atoms with Crippen molar-refractivity contribution in [2.45, 2.75) is 66.7 Å². The van der Waals surface area contributed by atoms with E-state index in [4.69, 9.17) is 27.9 Å². The molecule has 2 aromatic rings. The van der Waals surface area contributed by atoms with E-state index in [1.165, 1.54) is 30.2 Å². The van der Waals surface area contributed by atoms with Gasteiger partial charge in [-0.05, 0) is 37.7 Å². The first-order valence-electron chi connectivity index (χ1n) is 15.4. The highest BCUT2D eigenvalue weighted by molar-refractivity contribution is 6.58. The number of methoxy groups -OCH3 is 1. The molecule has 2 aromatic carbocycles. The molecule has 6 atom stereocenters. The number of phenols is 1. The summed E-state index contributed by atoms with van der Waals surface area (Å²) >= 11 is 14.2. The summed E-state index contributed by atoms with van der Waals surface area (Å²) in [5.41, 5.74) is -1.74. The zero-order valence-electron chi connectivity index (χ0n) is 25.2. The molecular weight excluding hydrogens is 686 g/mol. The van der Waals surface area contributed by atoms with Crippen molar-refractivity contribution in [3.8, 4) is 11.5 Å². The van der Waals surface area contributed by atoms with Gasteiger partial charge in [-0.15, -0.1) is 23.2 Å². The van der Waals surface area contributed by atoms with E-state index in [1.807, 2.05) is 0 Å². The van der Waals surface area contributed by atoms with Crippen LogP contribution < -0.4 is 9.64 Å². The third kappa shape index (κ3) is 4.06. The molecule has 4 amide bonds. The molecule has 0 spiro atoms. The Kier molecular flexibility index (Phi) is 7.63. The molecule has 2 heterocycles. The Hall–Kier alpha value is -3.71. The summed E-state index contributed by atoms with van der Waals surface area (Å²) in [7, 11) is 1.24. The van der Waals surface area contributed by atoms with Crippen molar-refractivity contribution in [3.05, 3.63) is 64.5 Å². The van der Waals surface area contributed by atoms with Crippen LogP contribution in [0.4, 0.5) is 27.6 Å². The summed E-state index contributed by atoms with van der Waals surface area (Å²) in [5.74, 6) is -21.6. The number of alkyl halides is 2. The van der Waals surface area contributed by atoms with Gasteiger partial charge in [0, 0.05) is 17.5 Å². The van der Waals surface area contributed by atoms with Crippen molar-refractivity contribution >= 4 is 52.5 Å². The lowest BCUT2D eigenvalue weighted by Gasteiger charge is -2.50. The minimum absolute atomic E-state index is 0.0251. The van der Waals surface area contributed by atoms with Crippen LogP contribution in [0.15, 0.2) is 29.8 Å². The second-order valence-corrected chi connectivity index (χ2v) is 14.2. The Labute approximate surface area is 280 Å². The van der Waals surface area contributed by atoms with Crippen LogP contribution in [0.1, 0.15) is 56.4 Å². The standard InChI is InChI=1S/C33H27Cl2F5N2O6/c1-48-18-9-5-8-16(27(18)43)20-14-10-11-15-19(29(45)41(28(15)44)13-6-3-2-4-7-13)17(14)12-32(34)30(46)42(31(47)33(20,32)35)26-24(39)22(37)21(36)23(38)25(26)40/h5,8-10,13,15,17,19-20,43H,2-4,6-7,11-12H2,1H3/t15-,17+,19-,20+,32+,33-/m0/s1. The number of para-hydroxylation sites is 1. The second kappa shape index (κ2) is 11.2. The predicted octanol–water partition coefficient (Wildman–Crippen LogP) is 5.99. The van der Waals surface area contributed by atoms with Gasteiger partial charge in [-0.2, -0.15) is 0 Å². The first-order valence-corrected chi connectivity index (χ1v) is 16.2. The maximum atomic E-state index is 15.2. The lowest BCUT2D eigenvalue weighted by Crippen LogP contribution is -2.60. The molecule has 0 radical (unpaired) electrons. The molecule has 15 heteroatoms. The normalized spacial score (nSPS) is 32.0. The molecule has 0 bridgehead atoms. The van der Waals surface area contributed by atoms with Gasteiger partial charge in [0.1, 0.15) is 5.69 Å². The number of ether oxygens (including phenoxy) is 1. The Balaban J connectivity index is 1.43. The number of fused-ring (bicyclic) bond motifs is 4. The molecule has 4 fully saturated rings. The molecule has 2 aliphatic heterocycles. The minimum atomic E-state index is -2.74. The highest BCUT2D eigenvalue weighted by Crippen LogP contribution is 2.67. The number of rotatable bonds is 4. The number of likely N-dealkylation sites (tertiary alicyclic amines) is 1. The Morgan fingerprint density at radius 2 is 1.48 bits per heavy atom. The zero-order chi connectivity index (χ0) is 34.6. The number of carbonyl (C=O) groups excluding carboxylic acids is 4. The van der Waals surface area contributed by atoms with Gasteiger partial charge in [-0.25, -0.2) is 26.9 Å². The van der Waals surface area contributed by atoms with Crippen molar-refractivity contribution in [2.75, 3.05) is 12.0 Å². The topological polar surface area (TPSA) is 104 Å². The van der Waals surface area contributed by atoms with Gasteiger partial charge in [-0.1, -0.05) is 43.0 Å².